The summed E-state index contributed by atoms with van der Waals surface area (Å²) in [6.45, 7) is 1.53. The molecule has 0 amide bonds. The summed E-state index contributed by atoms with van der Waals surface area (Å²) in [5.74, 6) is 0.551. The highest BCUT2D eigenvalue weighted by molar-refractivity contribution is 8.00. The maximum Gasteiger partial charge on any atom is 0.441 e. The molecule has 3 nitrogen and oxygen atoms in total. The third-order valence-corrected chi connectivity index (χ3v) is 2.97. The van der Waals surface area contributed by atoms with Gasteiger partial charge in [-0.05, 0) is 36.4 Å². The second kappa shape index (κ2) is 6.91. The van der Waals surface area contributed by atoms with Gasteiger partial charge in [0.05, 0.1) is 19.8 Å². The predicted octanol–water partition coefficient (Wildman–Crippen LogP) is 3.38. The molecule has 1 aromatic carbocycles. The van der Waals surface area contributed by atoms with Gasteiger partial charge in [0.2, 0.25) is 0 Å². The van der Waals surface area contributed by atoms with Crippen LogP contribution >= 0.6 is 11.8 Å². The number of methoxy groups -OCH3 is 1. The Bertz CT molecular complexity index is 408. The van der Waals surface area contributed by atoms with Crippen molar-refractivity contribution in [1.29, 1.82) is 0 Å². The van der Waals surface area contributed by atoms with Gasteiger partial charge in [-0.3, -0.25) is 0 Å². The summed E-state index contributed by atoms with van der Waals surface area (Å²) in [7, 11) is 1.43. The Hall–Kier alpha value is -1.08. The topological polar surface area (TPSA) is 38.7 Å². The Kier molecular flexibility index (Phi) is 5.81. The van der Waals surface area contributed by atoms with E-state index in [4.69, 9.17) is 9.47 Å². The summed E-state index contributed by atoms with van der Waals surface area (Å²) in [6, 6.07) is 4.80. The number of aliphatic hydroxyl groups excluding tert-OH is 1. The van der Waals surface area contributed by atoms with Crippen molar-refractivity contribution in [3.63, 3.8) is 0 Å². The molecule has 0 radical (unpaired) electrons. The molecular formula is C12H15F3O3S. The molecule has 0 saturated heterocycles. The van der Waals surface area contributed by atoms with Crippen LogP contribution in [-0.2, 0) is 0 Å². The molecule has 0 aromatic heterocycles. The molecule has 1 N–H and O–H groups in total. The second-order valence-electron chi connectivity index (χ2n) is 3.73. The van der Waals surface area contributed by atoms with E-state index in [1.807, 2.05) is 0 Å². The maximum atomic E-state index is 11.9. The molecule has 0 aliphatic carbocycles. The highest BCUT2D eigenvalue weighted by Gasteiger charge is 2.27. The molecular weight excluding hydrogens is 281 g/mol. The number of hydrogen-bond acceptors (Lipinski definition) is 4. The van der Waals surface area contributed by atoms with Crippen LogP contribution in [0.2, 0.25) is 0 Å². The second-order valence-corrected chi connectivity index (χ2v) is 4.89. The number of rotatable bonds is 6. The molecule has 1 atom stereocenters. The zero-order valence-corrected chi connectivity index (χ0v) is 11.3. The van der Waals surface area contributed by atoms with E-state index in [0.29, 0.717) is 17.1 Å². The monoisotopic (exact) mass is 296 g/mol. The van der Waals surface area contributed by atoms with Crippen molar-refractivity contribution in [2.24, 2.45) is 0 Å². The highest BCUT2D eigenvalue weighted by atomic mass is 32.2. The van der Waals surface area contributed by atoms with Crippen molar-refractivity contribution in [3.05, 3.63) is 23.8 Å². The molecule has 0 fully saturated rings. The lowest BCUT2D eigenvalue weighted by atomic mass is 10.1. The average molecular weight is 296 g/mol. The summed E-state index contributed by atoms with van der Waals surface area (Å²) in [5, 5.41) is 9.41. The van der Waals surface area contributed by atoms with Gasteiger partial charge < -0.3 is 14.6 Å². The largest absolute Gasteiger partial charge is 0.493 e. The zero-order chi connectivity index (χ0) is 14.5. The van der Waals surface area contributed by atoms with Gasteiger partial charge in [0.15, 0.2) is 11.5 Å². The van der Waals surface area contributed by atoms with E-state index in [9.17, 15) is 18.3 Å². The van der Waals surface area contributed by atoms with Crippen LogP contribution in [0, 0.1) is 0 Å². The van der Waals surface area contributed by atoms with Crippen molar-refractivity contribution in [1.82, 2.24) is 0 Å². The molecule has 0 aliphatic heterocycles. The summed E-state index contributed by atoms with van der Waals surface area (Å²) in [4.78, 5) is 0. The fourth-order valence-electron chi connectivity index (χ4n) is 1.37. The van der Waals surface area contributed by atoms with Gasteiger partial charge in [-0.2, -0.15) is 13.2 Å². The van der Waals surface area contributed by atoms with Crippen LogP contribution in [-0.4, -0.2) is 30.1 Å². The van der Waals surface area contributed by atoms with E-state index in [2.05, 4.69) is 0 Å². The average Bonchev–Trinajstić information content (AvgIpc) is 2.33. The molecule has 0 aliphatic rings. The molecule has 0 unspecified atom stereocenters. The molecule has 0 heterocycles. The lowest BCUT2D eigenvalue weighted by molar-refractivity contribution is -0.0329. The fourth-order valence-corrected chi connectivity index (χ4v) is 1.77. The fraction of sp³-hybridized carbons (Fsp3) is 0.500. The molecule has 108 valence electrons. The minimum absolute atomic E-state index is 0.0748. The van der Waals surface area contributed by atoms with Crippen LogP contribution in [0.1, 0.15) is 18.6 Å². The Morgan fingerprint density at radius 1 is 1.32 bits per heavy atom. The number of aliphatic hydroxyl groups is 1. The molecule has 0 saturated carbocycles. The Labute approximate surface area is 113 Å². The molecule has 1 rings (SSSR count). The normalized spacial score (nSPS) is 13.2. The summed E-state index contributed by atoms with van der Waals surface area (Å²) in [5.41, 5.74) is -3.60. The van der Waals surface area contributed by atoms with E-state index in [1.54, 1.807) is 25.1 Å². The van der Waals surface area contributed by atoms with Crippen molar-refractivity contribution >= 4 is 11.8 Å². The van der Waals surface area contributed by atoms with E-state index < -0.39 is 11.6 Å². The van der Waals surface area contributed by atoms with Gasteiger partial charge in [0.25, 0.3) is 0 Å². The maximum absolute atomic E-state index is 11.9. The molecule has 1 aromatic rings. The van der Waals surface area contributed by atoms with E-state index in [1.165, 1.54) is 7.11 Å². The third kappa shape index (κ3) is 5.61. The van der Waals surface area contributed by atoms with Crippen LogP contribution in [0.15, 0.2) is 18.2 Å². The molecule has 0 bridgehead atoms. The quantitative estimate of drug-likeness (QED) is 0.817. The minimum atomic E-state index is -4.25. The lowest BCUT2D eigenvalue weighted by Crippen LogP contribution is -2.08. The first-order valence-corrected chi connectivity index (χ1v) is 6.51. The van der Waals surface area contributed by atoms with Crippen molar-refractivity contribution in [2.75, 3.05) is 19.5 Å². The number of halogens is 3. The zero-order valence-electron chi connectivity index (χ0n) is 10.5. The van der Waals surface area contributed by atoms with E-state index in [-0.39, 0.29) is 24.1 Å². The first-order chi connectivity index (χ1) is 8.83. The number of alkyl halides is 3. The highest BCUT2D eigenvalue weighted by Crippen LogP contribution is 2.32. The van der Waals surface area contributed by atoms with Crippen molar-refractivity contribution in [2.45, 2.75) is 18.5 Å². The van der Waals surface area contributed by atoms with Crippen LogP contribution in [0.25, 0.3) is 0 Å². The van der Waals surface area contributed by atoms with Crippen LogP contribution in [0.5, 0.6) is 11.5 Å². The first kappa shape index (κ1) is 16.0. The summed E-state index contributed by atoms with van der Waals surface area (Å²) in [6.07, 6.45) is -0.649. The number of benzene rings is 1. The summed E-state index contributed by atoms with van der Waals surface area (Å²) < 4.78 is 46.1. The van der Waals surface area contributed by atoms with Gasteiger partial charge >= 0.3 is 5.51 Å². The molecule has 7 heteroatoms. The van der Waals surface area contributed by atoms with Gasteiger partial charge in [0.1, 0.15) is 0 Å². The van der Waals surface area contributed by atoms with Gasteiger partial charge in [-0.15, -0.1) is 0 Å². The SMILES string of the molecule is COc1cc([C@@H](C)O)ccc1OCCSC(F)(F)F. The smallest absolute Gasteiger partial charge is 0.441 e. The van der Waals surface area contributed by atoms with E-state index in [0.717, 1.165) is 0 Å². The Morgan fingerprint density at radius 2 is 2.00 bits per heavy atom. The van der Waals surface area contributed by atoms with Crippen molar-refractivity contribution in [3.8, 4) is 11.5 Å². The van der Waals surface area contributed by atoms with Crippen molar-refractivity contribution < 1.29 is 27.8 Å². The lowest BCUT2D eigenvalue weighted by Gasteiger charge is -2.13. The van der Waals surface area contributed by atoms with Crippen LogP contribution in [0.4, 0.5) is 13.2 Å². The predicted molar refractivity (Wildman–Crippen MR) is 67.6 cm³/mol. The number of thioether (sulfide) groups is 1. The first-order valence-electron chi connectivity index (χ1n) is 5.53. The minimum Gasteiger partial charge on any atom is -0.493 e. The molecule has 0 spiro atoms. The summed E-state index contributed by atoms with van der Waals surface area (Å²) >= 11 is -0.131. The van der Waals surface area contributed by atoms with Crippen LogP contribution < -0.4 is 9.47 Å². The van der Waals surface area contributed by atoms with Crippen LogP contribution in [0.3, 0.4) is 0 Å². The standard InChI is InChI=1S/C12H15F3O3S/c1-8(16)9-3-4-10(11(7-9)17-2)18-5-6-19-12(13,14)15/h3-4,7-8,16H,5-6H2,1-2H3/t8-/m1/s1. The van der Waals surface area contributed by atoms with Gasteiger partial charge in [-0.1, -0.05) is 6.07 Å². The number of ether oxygens (including phenoxy) is 2. The van der Waals surface area contributed by atoms with Gasteiger partial charge in [0, 0.05) is 5.75 Å². The Morgan fingerprint density at radius 3 is 2.53 bits per heavy atom. The Balaban J connectivity index is 2.58. The molecule has 19 heavy (non-hydrogen) atoms. The third-order valence-electron chi connectivity index (χ3n) is 2.28. The van der Waals surface area contributed by atoms with E-state index >= 15 is 0 Å². The number of hydrogen-bond donors (Lipinski definition) is 1. The van der Waals surface area contributed by atoms with Gasteiger partial charge in [-0.25, -0.2) is 0 Å².